The van der Waals surface area contributed by atoms with Crippen molar-refractivity contribution in [3.8, 4) is 0 Å². The monoisotopic (exact) mass is 2070 g/mol. The Morgan fingerprint density at radius 2 is 0.472 bits per heavy atom. The molecule has 5 heterocycles. The fraction of sp³-hybridized carbons (Fsp3) is 0.673. The van der Waals surface area contributed by atoms with Gasteiger partial charge in [0.05, 0.1) is 0 Å². The molecule has 5 saturated heterocycles. The average Bonchev–Trinajstić information content (AvgIpc) is 1.71. The van der Waals surface area contributed by atoms with Crippen LogP contribution in [-0.4, -0.2) is 156 Å². The summed E-state index contributed by atoms with van der Waals surface area (Å²) >= 11 is 0. The SMILES string of the molecule is CC(C)c1cccc(C(C)C)c1NC(=O)NS(=O)(=O)N1CC(C)C(C)C(C)C1.CC1CC(C)N(S(=O)(=O)NC(=O)Nc2c(C(C)C)cccc2C(C)C)C(C)C1.CC1CN(S(=O)(=O)NC(=O)Nc2c3c(cc4c2CCC4)CCC3)CC(C)C1C.Cc1cc(C(C)C)c(NC(=O)NS(=O)(=O)N2C(C)CC(C)CC2C)c(C(C)C)c1.Cc1cc(C(C)C)c(NC(=O)NS(=O)(=O)N2C(C)CC(C)CC2C)c(C(C)C)c1. The van der Waals surface area contributed by atoms with Crippen molar-refractivity contribution >= 4 is 110 Å². The molecule has 7 aliphatic rings. The summed E-state index contributed by atoms with van der Waals surface area (Å²) in [5.74, 6) is 4.96. The van der Waals surface area contributed by atoms with E-state index in [1.165, 1.54) is 43.8 Å². The number of benzene rings is 5. The van der Waals surface area contributed by atoms with E-state index in [1.807, 2.05) is 91.8 Å². The third-order valence-electron chi connectivity index (χ3n) is 29.8. The summed E-state index contributed by atoms with van der Waals surface area (Å²) in [4.78, 5) is 63.5. The molecule has 2 aliphatic carbocycles. The van der Waals surface area contributed by atoms with Gasteiger partial charge in [-0.15, -0.1) is 0 Å². The highest BCUT2D eigenvalue weighted by molar-refractivity contribution is 7.89. The minimum Gasteiger partial charge on any atom is -0.307 e. The predicted molar refractivity (Wildman–Crippen MR) is 579 cm³/mol. The number of piperidine rings is 5. The van der Waals surface area contributed by atoms with Crippen molar-refractivity contribution in [2.45, 2.75) is 389 Å². The van der Waals surface area contributed by atoms with Crippen LogP contribution in [-0.2, 0) is 76.7 Å². The van der Waals surface area contributed by atoms with Crippen LogP contribution in [0.5, 0.6) is 0 Å². The van der Waals surface area contributed by atoms with Crippen molar-refractivity contribution in [1.29, 1.82) is 0 Å². The minimum atomic E-state index is -3.93. The van der Waals surface area contributed by atoms with E-state index in [0.29, 0.717) is 78.5 Å². The largest absolute Gasteiger partial charge is 0.333 e. The molecular weight excluding hydrogens is 1900 g/mol. The molecule has 10 amide bonds. The van der Waals surface area contributed by atoms with Gasteiger partial charge in [-0.3, -0.25) is 0 Å². The Morgan fingerprint density at radius 3 is 0.683 bits per heavy atom. The lowest BCUT2D eigenvalue weighted by atomic mass is 9.82. The van der Waals surface area contributed by atoms with Gasteiger partial charge in [0.25, 0.3) is 0 Å². The first kappa shape index (κ1) is 119. The Balaban J connectivity index is 0.000000217. The van der Waals surface area contributed by atoms with Gasteiger partial charge in [-0.25, -0.2) is 47.6 Å². The quantitative estimate of drug-likeness (QED) is 0.0290. The highest BCUT2D eigenvalue weighted by Gasteiger charge is 2.44. The Labute approximate surface area is 854 Å². The summed E-state index contributed by atoms with van der Waals surface area (Å²) in [6.07, 6.45) is 10.9. The van der Waals surface area contributed by atoms with E-state index in [2.05, 4.69) is 254 Å². The van der Waals surface area contributed by atoms with Crippen molar-refractivity contribution < 1.29 is 66.1 Å². The Hall–Kier alpha value is -8.00. The second-order valence-electron chi connectivity index (χ2n) is 45.1. The smallest absolute Gasteiger partial charge is 0.307 e. The molecule has 0 radical (unpaired) electrons. The summed E-state index contributed by atoms with van der Waals surface area (Å²) in [6, 6.07) is 18.0. The number of rotatable bonds is 23. The molecule has 142 heavy (non-hydrogen) atoms. The number of fused-ring (bicyclic) bond motifs is 2. The van der Waals surface area contributed by atoms with Crippen molar-refractivity contribution in [2.24, 2.45) is 53.3 Å². The van der Waals surface area contributed by atoms with Crippen LogP contribution in [0.3, 0.4) is 0 Å². The number of para-hydroxylation sites is 2. The first-order valence-electron chi connectivity index (χ1n) is 52.0. The molecular formula is C107H175N15O15S5. The number of hydrogen-bond donors (Lipinski definition) is 10. The zero-order chi connectivity index (χ0) is 107. The van der Waals surface area contributed by atoms with Gasteiger partial charge in [0.15, 0.2) is 0 Å². The first-order valence-corrected chi connectivity index (χ1v) is 59.2. The summed E-state index contributed by atoms with van der Waals surface area (Å²) in [5, 5.41) is 14.2. The third-order valence-corrected chi connectivity index (χ3v) is 37.8. The van der Waals surface area contributed by atoms with Gasteiger partial charge in [-0.2, -0.15) is 63.6 Å². The van der Waals surface area contributed by atoms with Crippen LogP contribution in [0, 0.1) is 67.1 Å². The number of urea groups is 5. The molecule has 0 spiro atoms. The van der Waals surface area contributed by atoms with E-state index in [0.717, 1.165) is 138 Å². The highest BCUT2D eigenvalue weighted by atomic mass is 32.2. The molecule has 5 aromatic carbocycles. The Bertz CT molecular complexity index is 5490. The normalized spacial score (nSPS) is 24.4. The summed E-state index contributed by atoms with van der Waals surface area (Å²) in [6.45, 7) is 69.1. The number of hydrogen-bond acceptors (Lipinski definition) is 15. The van der Waals surface area contributed by atoms with Crippen molar-refractivity contribution in [2.75, 3.05) is 52.8 Å². The Kier molecular flexibility index (Phi) is 42.1. The maximum absolute atomic E-state index is 13.0. The number of amides is 10. The standard InChI is InChI=1S/2C22H37N3O3S.C21H31N3O3S.2C21H35N3O3S/c2*1-13(2)19-11-16(6)12-20(14(3)4)21(19)23-22(26)24-29(27,28)25-17(7)9-15(5)10-18(25)8;1-13-11-24(12-14(2)15(13)3)28(26,27)23-21(25)22-20-18-8-4-6-16(18)10-17-7-5-9-19(17)20;1-13(2)18-9-8-10-19(14(3)4)20(18)22-21(25)23-28(26,27)24-11-15(5)17(7)16(6)12-24;1-13(2)18-9-8-10-19(14(3)4)20(18)22-21(25)23-28(26,27)24-16(6)11-15(5)12-17(24)7/h2*11-15,17-18H,9-10H2,1-8H3,(H2,23,24,26);10,13-15H,4-9,11-12H2,1-3H3,(H2,22,23,25);2*8-10,13-17H,11-12H2,1-7H3,(H2,22,23,25). The molecule has 5 aromatic rings. The number of nitrogens with zero attached hydrogens (tertiary/aromatic N) is 5. The lowest BCUT2D eigenvalue weighted by Gasteiger charge is -2.40. The lowest BCUT2D eigenvalue weighted by Crippen LogP contribution is -2.55. The van der Waals surface area contributed by atoms with Crippen LogP contribution in [0.15, 0.2) is 66.7 Å². The topological polar surface area (TPSA) is 393 Å². The maximum atomic E-state index is 13.0. The average molecular weight is 2070 g/mol. The van der Waals surface area contributed by atoms with Gasteiger partial charge >= 0.3 is 81.2 Å². The molecule has 798 valence electrons. The van der Waals surface area contributed by atoms with Crippen molar-refractivity contribution in [1.82, 2.24) is 45.1 Å². The van der Waals surface area contributed by atoms with Crippen LogP contribution in [0.1, 0.15) is 391 Å². The third kappa shape index (κ3) is 30.8. The predicted octanol–water partition coefficient (Wildman–Crippen LogP) is 22.8. The van der Waals surface area contributed by atoms with Gasteiger partial charge in [0.2, 0.25) is 0 Å². The summed E-state index contributed by atoms with van der Waals surface area (Å²) in [7, 11) is -19.5. The zero-order valence-corrected chi connectivity index (χ0v) is 95.4. The maximum Gasteiger partial charge on any atom is 0.333 e. The number of carbonyl (C=O) groups is 5. The number of anilines is 5. The molecule has 0 bridgehead atoms. The Morgan fingerprint density at radius 1 is 0.275 bits per heavy atom. The van der Waals surface area contributed by atoms with Crippen LogP contribution in [0.2, 0.25) is 0 Å². The molecule has 10 unspecified atom stereocenters. The van der Waals surface area contributed by atoms with Crippen LogP contribution in [0.4, 0.5) is 52.4 Å². The van der Waals surface area contributed by atoms with E-state index >= 15 is 0 Å². The van der Waals surface area contributed by atoms with E-state index in [-0.39, 0.29) is 107 Å². The molecule has 0 saturated carbocycles. The lowest BCUT2D eigenvalue weighted by molar-refractivity contribution is 0.147. The van der Waals surface area contributed by atoms with E-state index in [9.17, 15) is 66.1 Å². The number of nitrogens with one attached hydrogen (secondary N) is 10. The van der Waals surface area contributed by atoms with Crippen LogP contribution < -0.4 is 50.2 Å². The van der Waals surface area contributed by atoms with Gasteiger partial charge in [0.1, 0.15) is 0 Å². The molecule has 12 rings (SSSR count). The fourth-order valence-electron chi connectivity index (χ4n) is 22.5. The molecule has 10 atom stereocenters. The van der Waals surface area contributed by atoms with Gasteiger partial charge in [0, 0.05) is 90.9 Å². The van der Waals surface area contributed by atoms with E-state index in [1.54, 1.807) is 0 Å². The van der Waals surface area contributed by atoms with Gasteiger partial charge in [-0.1, -0.05) is 251 Å². The van der Waals surface area contributed by atoms with E-state index < -0.39 is 81.2 Å². The van der Waals surface area contributed by atoms with Crippen LogP contribution >= 0.6 is 0 Å². The summed E-state index contributed by atoms with van der Waals surface area (Å²) in [5.41, 5.74) is 19.0. The second kappa shape index (κ2) is 50.1. The zero-order valence-electron chi connectivity index (χ0n) is 91.3. The second-order valence-corrected chi connectivity index (χ2v) is 53.2. The molecule has 0 aromatic heterocycles. The molecule has 30 nitrogen and oxygen atoms in total. The van der Waals surface area contributed by atoms with Gasteiger partial charge < -0.3 is 26.6 Å². The highest BCUT2D eigenvalue weighted by Crippen LogP contribution is 2.43. The van der Waals surface area contributed by atoms with E-state index in [4.69, 9.17) is 0 Å². The van der Waals surface area contributed by atoms with Crippen LogP contribution in [0.25, 0.3) is 0 Å². The molecule has 35 heteroatoms. The first-order chi connectivity index (χ1) is 65.8. The minimum absolute atomic E-state index is 0.141. The number of aryl methyl sites for hydroxylation is 4. The molecule has 5 aliphatic heterocycles. The number of carbonyl (C=O) groups excluding carboxylic acids is 5. The molecule has 5 fully saturated rings. The van der Waals surface area contributed by atoms with Gasteiger partial charge in [-0.05, 0) is 300 Å². The van der Waals surface area contributed by atoms with Crippen molar-refractivity contribution in [3.05, 3.63) is 145 Å². The van der Waals surface area contributed by atoms with Crippen molar-refractivity contribution in [3.63, 3.8) is 0 Å². The molecule has 10 N–H and O–H groups in total. The summed E-state index contributed by atoms with van der Waals surface area (Å²) < 4.78 is 147. The fourth-order valence-corrected chi connectivity index (χ4v) is 29.6.